The molecule has 0 aliphatic heterocycles. The van der Waals surface area contributed by atoms with Crippen LogP contribution in [0.5, 0.6) is 5.75 Å². The van der Waals surface area contributed by atoms with Crippen LogP contribution in [0.25, 0.3) is 10.8 Å². The Morgan fingerprint density at radius 2 is 1.74 bits per heavy atom. The summed E-state index contributed by atoms with van der Waals surface area (Å²) in [6.07, 6.45) is 1.13. The highest BCUT2D eigenvalue weighted by atomic mass is 16.5. The van der Waals surface area contributed by atoms with E-state index in [0.29, 0.717) is 0 Å². The first kappa shape index (κ1) is 13.9. The van der Waals surface area contributed by atoms with Gasteiger partial charge in [-0.15, -0.1) is 0 Å². The van der Waals surface area contributed by atoms with Crippen molar-refractivity contribution in [2.45, 2.75) is 25.7 Å². The largest absolute Gasteiger partial charge is 0.497 e. The molecule has 2 nitrogen and oxygen atoms in total. The van der Waals surface area contributed by atoms with Gasteiger partial charge in [-0.05, 0) is 53.9 Å². The van der Waals surface area contributed by atoms with Crippen LogP contribution in [0.4, 0.5) is 0 Å². The van der Waals surface area contributed by atoms with Gasteiger partial charge in [0.15, 0.2) is 0 Å². The van der Waals surface area contributed by atoms with Crippen LogP contribution in [0.2, 0.25) is 0 Å². The summed E-state index contributed by atoms with van der Waals surface area (Å²) in [5, 5.41) is 5.73. The molecule has 2 rings (SSSR count). The highest BCUT2D eigenvalue weighted by Crippen LogP contribution is 2.30. The molecular weight excluding hydrogens is 234 g/mol. The maximum atomic E-state index is 5.26. The molecule has 0 spiro atoms. The number of nitrogens with one attached hydrogen (secondary N) is 1. The number of fused-ring (bicyclic) bond motifs is 1. The number of methoxy groups -OCH3 is 1. The van der Waals surface area contributed by atoms with Gasteiger partial charge in [0, 0.05) is 0 Å². The van der Waals surface area contributed by atoms with Gasteiger partial charge in [-0.1, -0.05) is 38.1 Å². The van der Waals surface area contributed by atoms with E-state index in [2.05, 4.69) is 49.5 Å². The first-order valence-electron chi connectivity index (χ1n) is 6.80. The van der Waals surface area contributed by atoms with Crippen LogP contribution < -0.4 is 10.1 Å². The number of ether oxygens (including phenoxy) is 1. The zero-order valence-electron chi connectivity index (χ0n) is 12.3. The second-order valence-electron chi connectivity index (χ2n) is 5.67. The van der Waals surface area contributed by atoms with Crippen molar-refractivity contribution in [1.29, 1.82) is 0 Å². The number of hydrogen-bond donors (Lipinski definition) is 1. The number of rotatable bonds is 5. The van der Waals surface area contributed by atoms with Crippen LogP contribution >= 0.6 is 0 Å². The van der Waals surface area contributed by atoms with Crippen LogP contribution in [0, 0.1) is 0 Å². The van der Waals surface area contributed by atoms with Crippen LogP contribution in [0.15, 0.2) is 36.4 Å². The van der Waals surface area contributed by atoms with Crippen molar-refractivity contribution in [2.75, 3.05) is 20.7 Å². The third kappa shape index (κ3) is 3.07. The van der Waals surface area contributed by atoms with E-state index < -0.39 is 0 Å². The molecule has 0 unspecified atom stereocenters. The summed E-state index contributed by atoms with van der Waals surface area (Å²) < 4.78 is 5.26. The Morgan fingerprint density at radius 3 is 2.42 bits per heavy atom. The standard InChI is InChI=1S/C17H23NO/c1-17(2,9-10-18-3)15-7-5-14-12-16(19-4)8-6-13(14)11-15/h5-8,11-12,18H,9-10H2,1-4H3. The average Bonchev–Trinajstić information content (AvgIpc) is 2.44. The van der Waals surface area contributed by atoms with Gasteiger partial charge in [0.05, 0.1) is 7.11 Å². The fourth-order valence-electron chi connectivity index (χ4n) is 2.35. The Kier molecular flexibility index (Phi) is 4.11. The van der Waals surface area contributed by atoms with Gasteiger partial charge in [-0.2, -0.15) is 0 Å². The highest BCUT2D eigenvalue weighted by molar-refractivity contribution is 5.84. The molecule has 0 saturated carbocycles. The lowest BCUT2D eigenvalue weighted by Crippen LogP contribution is -2.23. The molecular formula is C17H23NO. The molecule has 2 aromatic carbocycles. The van der Waals surface area contributed by atoms with E-state index in [1.807, 2.05) is 13.1 Å². The first-order chi connectivity index (χ1) is 9.06. The first-order valence-corrected chi connectivity index (χ1v) is 6.80. The molecule has 2 heteroatoms. The Morgan fingerprint density at radius 1 is 1.05 bits per heavy atom. The summed E-state index contributed by atoms with van der Waals surface area (Å²) in [5.41, 5.74) is 1.58. The van der Waals surface area contributed by atoms with Crippen molar-refractivity contribution in [3.63, 3.8) is 0 Å². The van der Waals surface area contributed by atoms with E-state index in [0.717, 1.165) is 18.7 Å². The third-order valence-corrected chi connectivity index (χ3v) is 3.83. The quantitative estimate of drug-likeness (QED) is 0.881. The average molecular weight is 257 g/mol. The Hall–Kier alpha value is -1.54. The summed E-state index contributed by atoms with van der Waals surface area (Å²) in [6.45, 7) is 5.64. The normalized spacial score (nSPS) is 11.8. The maximum absolute atomic E-state index is 5.26. The lowest BCUT2D eigenvalue weighted by Gasteiger charge is -2.25. The Labute approximate surface area is 115 Å². The molecule has 0 saturated heterocycles. The summed E-state index contributed by atoms with van der Waals surface area (Å²) >= 11 is 0. The molecule has 0 atom stereocenters. The third-order valence-electron chi connectivity index (χ3n) is 3.83. The zero-order valence-corrected chi connectivity index (χ0v) is 12.3. The smallest absolute Gasteiger partial charge is 0.119 e. The predicted molar refractivity (Wildman–Crippen MR) is 82.1 cm³/mol. The predicted octanol–water partition coefficient (Wildman–Crippen LogP) is 3.74. The molecule has 1 N–H and O–H groups in total. The summed E-state index contributed by atoms with van der Waals surface area (Å²) in [7, 11) is 3.71. The molecule has 0 radical (unpaired) electrons. The van der Waals surface area contributed by atoms with E-state index in [-0.39, 0.29) is 5.41 Å². The summed E-state index contributed by atoms with van der Waals surface area (Å²) in [6, 6.07) is 13.0. The molecule has 0 aliphatic rings. The lowest BCUT2D eigenvalue weighted by molar-refractivity contribution is 0.415. The van der Waals surface area contributed by atoms with Gasteiger partial charge in [-0.25, -0.2) is 0 Å². The van der Waals surface area contributed by atoms with E-state index >= 15 is 0 Å². The zero-order chi connectivity index (χ0) is 13.9. The van der Waals surface area contributed by atoms with Crippen LogP contribution in [-0.4, -0.2) is 20.7 Å². The molecule has 102 valence electrons. The van der Waals surface area contributed by atoms with Crippen molar-refractivity contribution in [3.8, 4) is 5.75 Å². The van der Waals surface area contributed by atoms with Crippen molar-refractivity contribution < 1.29 is 4.74 Å². The Bertz CT molecular complexity index is 560. The molecule has 0 fully saturated rings. The number of hydrogen-bond acceptors (Lipinski definition) is 2. The minimum atomic E-state index is 0.192. The highest BCUT2D eigenvalue weighted by Gasteiger charge is 2.20. The van der Waals surface area contributed by atoms with E-state index in [4.69, 9.17) is 4.74 Å². The van der Waals surface area contributed by atoms with Gasteiger partial charge >= 0.3 is 0 Å². The minimum absolute atomic E-state index is 0.192. The topological polar surface area (TPSA) is 21.3 Å². The molecule has 0 bridgehead atoms. The van der Waals surface area contributed by atoms with Crippen molar-refractivity contribution in [2.24, 2.45) is 0 Å². The van der Waals surface area contributed by atoms with Gasteiger partial charge < -0.3 is 10.1 Å². The van der Waals surface area contributed by atoms with E-state index in [9.17, 15) is 0 Å². The molecule has 0 amide bonds. The van der Waals surface area contributed by atoms with Gasteiger partial charge in [0.25, 0.3) is 0 Å². The monoisotopic (exact) mass is 257 g/mol. The van der Waals surface area contributed by atoms with Crippen molar-refractivity contribution in [3.05, 3.63) is 42.0 Å². The second kappa shape index (κ2) is 5.62. The lowest BCUT2D eigenvalue weighted by atomic mass is 9.81. The van der Waals surface area contributed by atoms with Gasteiger partial charge in [0.1, 0.15) is 5.75 Å². The van der Waals surface area contributed by atoms with E-state index in [1.165, 1.54) is 16.3 Å². The molecule has 2 aromatic rings. The summed E-state index contributed by atoms with van der Waals surface area (Å²) in [5.74, 6) is 0.912. The minimum Gasteiger partial charge on any atom is -0.497 e. The number of benzene rings is 2. The Balaban J connectivity index is 2.36. The molecule has 0 aliphatic carbocycles. The van der Waals surface area contributed by atoms with Crippen LogP contribution in [0.1, 0.15) is 25.8 Å². The molecule has 0 heterocycles. The second-order valence-corrected chi connectivity index (χ2v) is 5.67. The fourth-order valence-corrected chi connectivity index (χ4v) is 2.35. The van der Waals surface area contributed by atoms with Crippen molar-refractivity contribution >= 4 is 10.8 Å². The van der Waals surface area contributed by atoms with Crippen LogP contribution in [-0.2, 0) is 5.41 Å². The van der Waals surface area contributed by atoms with E-state index in [1.54, 1.807) is 7.11 Å². The molecule has 0 aromatic heterocycles. The SMILES string of the molecule is CNCCC(C)(C)c1ccc2cc(OC)ccc2c1. The molecule has 19 heavy (non-hydrogen) atoms. The van der Waals surface area contributed by atoms with Gasteiger partial charge in [-0.3, -0.25) is 0 Å². The van der Waals surface area contributed by atoms with Gasteiger partial charge in [0.2, 0.25) is 0 Å². The van der Waals surface area contributed by atoms with Crippen LogP contribution in [0.3, 0.4) is 0 Å². The van der Waals surface area contributed by atoms with Crippen molar-refractivity contribution in [1.82, 2.24) is 5.32 Å². The summed E-state index contributed by atoms with van der Waals surface area (Å²) in [4.78, 5) is 0. The fraction of sp³-hybridized carbons (Fsp3) is 0.412. The maximum Gasteiger partial charge on any atom is 0.119 e.